The van der Waals surface area contributed by atoms with E-state index in [1.807, 2.05) is 29.6 Å². The number of aromatic nitrogens is 1. The van der Waals surface area contributed by atoms with Gasteiger partial charge in [0.05, 0.1) is 25.3 Å². The number of carbonyl (C=O) groups is 1. The molecule has 126 valence electrons. The average Bonchev–Trinajstić information content (AvgIpc) is 3.00. The molecule has 1 aromatic carbocycles. The van der Waals surface area contributed by atoms with E-state index in [-0.39, 0.29) is 30.8 Å². The number of hydrogen-bond donors (Lipinski definition) is 2. The number of rotatable bonds is 7. The second-order valence-electron chi connectivity index (χ2n) is 4.58. The fourth-order valence-electron chi connectivity index (χ4n) is 1.95. The fourth-order valence-corrected chi connectivity index (χ4v) is 2.68. The highest BCUT2D eigenvalue weighted by atomic mass is 35.5. The van der Waals surface area contributed by atoms with Crippen molar-refractivity contribution >= 4 is 34.8 Å². The molecule has 1 heterocycles. The Morgan fingerprint density at radius 1 is 1.39 bits per heavy atom. The summed E-state index contributed by atoms with van der Waals surface area (Å²) in [5, 5.41) is 5.18. The molecule has 1 amide bonds. The molecule has 0 bridgehead atoms. The Hall–Kier alpha value is -1.67. The van der Waals surface area contributed by atoms with Crippen molar-refractivity contribution in [2.24, 2.45) is 5.73 Å². The SMILES string of the molecule is COc1ccccc1-c1csc(NC(=O)CC(CN)OC)n1.Cl. The summed E-state index contributed by atoms with van der Waals surface area (Å²) in [7, 11) is 3.15. The summed E-state index contributed by atoms with van der Waals surface area (Å²) in [6, 6.07) is 7.61. The van der Waals surface area contributed by atoms with Crippen molar-refractivity contribution in [2.45, 2.75) is 12.5 Å². The lowest BCUT2D eigenvalue weighted by molar-refractivity contribution is -0.118. The summed E-state index contributed by atoms with van der Waals surface area (Å²) in [6.07, 6.45) is -0.0787. The summed E-state index contributed by atoms with van der Waals surface area (Å²) >= 11 is 1.36. The first kappa shape index (κ1) is 19.4. The van der Waals surface area contributed by atoms with Crippen LogP contribution in [0.15, 0.2) is 29.6 Å². The van der Waals surface area contributed by atoms with Gasteiger partial charge in [0.2, 0.25) is 5.91 Å². The highest BCUT2D eigenvalue weighted by Crippen LogP contribution is 2.31. The smallest absolute Gasteiger partial charge is 0.228 e. The predicted octanol–water partition coefficient (Wildman–Crippen LogP) is 2.54. The lowest BCUT2D eigenvalue weighted by Gasteiger charge is -2.11. The Labute approximate surface area is 145 Å². The topological polar surface area (TPSA) is 86.5 Å². The lowest BCUT2D eigenvalue weighted by Crippen LogP contribution is -2.28. The van der Waals surface area contributed by atoms with Crippen LogP contribution in [0.25, 0.3) is 11.3 Å². The van der Waals surface area contributed by atoms with Crippen molar-refractivity contribution in [3.8, 4) is 17.0 Å². The van der Waals surface area contributed by atoms with Crippen LogP contribution in [0.4, 0.5) is 5.13 Å². The van der Waals surface area contributed by atoms with Crippen LogP contribution >= 0.6 is 23.7 Å². The molecule has 1 unspecified atom stereocenters. The summed E-state index contributed by atoms with van der Waals surface area (Å²) in [6.45, 7) is 0.300. The van der Waals surface area contributed by atoms with Crippen LogP contribution in [-0.2, 0) is 9.53 Å². The Kier molecular flexibility index (Phi) is 7.97. The molecule has 2 aromatic rings. The number of nitrogens with zero attached hydrogens (tertiary/aromatic N) is 1. The fraction of sp³-hybridized carbons (Fsp3) is 0.333. The molecular weight excluding hydrogens is 338 g/mol. The lowest BCUT2D eigenvalue weighted by atomic mass is 10.1. The molecule has 8 heteroatoms. The van der Waals surface area contributed by atoms with Crippen LogP contribution in [-0.4, -0.2) is 37.8 Å². The second-order valence-corrected chi connectivity index (χ2v) is 5.44. The minimum absolute atomic E-state index is 0. The highest BCUT2D eigenvalue weighted by Gasteiger charge is 2.14. The quantitative estimate of drug-likeness (QED) is 0.795. The van der Waals surface area contributed by atoms with E-state index in [2.05, 4.69) is 10.3 Å². The van der Waals surface area contributed by atoms with Crippen molar-refractivity contribution in [2.75, 3.05) is 26.1 Å². The van der Waals surface area contributed by atoms with Gasteiger partial charge in [0.15, 0.2) is 5.13 Å². The monoisotopic (exact) mass is 357 g/mol. The molecule has 0 radical (unpaired) electrons. The summed E-state index contributed by atoms with van der Waals surface area (Å²) in [5.41, 5.74) is 7.16. The number of methoxy groups -OCH3 is 2. The van der Waals surface area contributed by atoms with E-state index < -0.39 is 0 Å². The minimum Gasteiger partial charge on any atom is -0.496 e. The van der Waals surface area contributed by atoms with Gasteiger partial charge in [-0.25, -0.2) is 4.98 Å². The van der Waals surface area contributed by atoms with Crippen LogP contribution in [0.2, 0.25) is 0 Å². The number of thiazole rings is 1. The zero-order valence-electron chi connectivity index (χ0n) is 12.9. The van der Waals surface area contributed by atoms with Gasteiger partial charge < -0.3 is 20.5 Å². The minimum atomic E-state index is -0.284. The molecule has 2 rings (SSSR count). The van der Waals surface area contributed by atoms with Crippen LogP contribution in [0.3, 0.4) is 0 Å². The van der Waals surface area contributed by atoms with Crippen molar-refractivity contribution in [1.82, 2.24) is 4.98 Å². The molecule has 1 atom stereocenters. The van der Waals surface area contributed by atoms with Gasteiger partial charge in [-0.3, -0.25) is 4.79 Å². The maximum atomic E-state index is 11.9. The number of carbonyl (C=O) groups excluding carboxylic acids is 1. The molecule has 0 fully saturated rings. The van der Waals surface area contributed by atoms with Gasteiger partial charge in [0, 0.05) is 24.6 Å². The first-order valence-electron chi connectivity index (χ1n) is 6.79. The van der Waals surface area contributed by atoms with E-state index >= 15 is 0 Å². The Morgan fingerprint density at radius 3 is 2.78 bits per heavy atom. The van der Waals surface area contributed by atoms with Gasteiger partial charge in [0.25, 0.3) is 0 Å². The third kappa shape index (κ3) is 5.18. The molecule has 0 aliphatic carbocycles. The molecule has 6 nitrogen and oxygen atoms in total. The number of halogens is 1. The largest absolute Gasteiger partial charge is 0.496 e. The van der Waals surface area contributed by atoms with Gasteiger partial charge in [-0.05, 0) is 12.1 Å². The molecule has 0 saturated heterocycles. The van der Waals surface area contributed by atoms with E-state index in [4.69, 9.17) is 15.2 Å². The zero-order valence-corrected chi connectivity index (χ0v) is 14.6. The summed E-state index contributed by atoms with van der Waals surface area (Å²) < 4.78 is 10.4. The van der Waals surface area contributed by atoms with Crippen LogP contribution in [0.5, 0.6) is 5.75 Å². The molecular formula is C15H20ClN3O3S. The predicted molar refractivity (Wildman–Crippen MR) is 94.4 cm³/mol. The molecule has 23 heavy (non-hydrogen) atoms. The van der Waals surface area contributed by atoms with Gasteiger partial charge in [-0.1, -0.05) is 12.1 Å². The van der Waals surface area contributed by atoms with E-state index in [1.54, 1.807) is 7.11 Å². The third-order valence-corrected chi connectivity index (χ3v) is 3.90. The van der Waals surface area contributed by atoms with E-state index in [0.29, 0.717) is 11.7 Å². The molecule has 3 N–H and O–H groups in total. The average molecular weight is 358 g/mol. The maximum absolute atomic E-state index is 11.9. The normalized spacial score (nSPS) is 11.4. The highest BCUT2D eigenvalue weighted by molar-refractivity contribution is 7.14. The van der Waals surface area contributed by atoms with E-state index in [1.165, 1.54) is 18.4 Å². The van der Waals surface area contributed by atoms with Gasteiger partial charge in [-0.15, -0.1) is 23.7 Å². The molecule has 0 spiro atoms. The van der Waals surface area contributed by atoms with E-state index in [0.717, 1.165) is 17.0 Å². The first-order chi connectivity index (χ1) is 10.7. The molecule has 1 aromatic heterocycles. The number of anilines is 1. The molecule has 0 aliphatic heterocycles. The first-order valence-corrected chi connectivity index (χ1v) is 7.67. The Balaban J connectivity index is 0.00000264. The number of benzene rings is 1. The number of para-hydroxylation sites is 1. The van der Waals surface area contributed by atoms with Crippen molar-refractivity contribution in [3.63, 3.8) is 0 Å². The number of nitrogens with two attached hydrogens (primary N) is 1. The van der Waals surface area contributed by atoms with E-state index in [9.17, 15) is 4.79 Å². The number of ether oxygens (including phenoxy) is 2. The Bertz CT molecular complexity index is 632. The van der Waals surface area contributed by atoms with Crippen molar-refractivity contribution < 1.29 is 14.3 Å². The number of amides is 1. The van der Waals surface area contributed by atoms with Crippen molar-refractivity contribution in [1.29, 1.82) is 0 Å². The number of nitrogens with one attached hydrogen (secondary N) is 1. The maximum Gasteiger partial charge on any atom is 0.228 e. The van der Waals surface area contributed by atoms with Crippen molar-refractivity contribution in [3.05, 3.63) is 29.6 Å². The van der Waals surface area contributed by atoms with Crippen LogP contribution in [0.1, 0.15) is 6.42 Å². The van der Waals surface area contributed by atoms with Gasteiger partial charge >= 0.3 is 0 Å². The zero-order chi connectivity index (χ0) is 15.9. The third-order valence-electron chi connectivity index (χ3n) is 3.14. The second kappa shape index (κ2) is 9.46. The number of hydrogen-bond acceptors (Lipinski definition) is 6. The van der Waals surface area contributed by atoms with Crippen LogP contribution < -0.4 is 15.8 Å². The summed E-state index contributed by atoms with van der Waals surface area (Å²) in [4.78, 5) is 16.3. The van der Waals surface area contributed by atoms with Crippen LogP contribution in [0, 0.1) is 0 Å². The van der Waals surface area contributed by atoms with Gasteiger partial charge in [0.1, 0.15) is 5.75 Å². The molecule has 0 aliphatic rings. The summed E-state index contributed by atoms with van der Waals surface area (Å²) in [5.74, 6) is 0.575. The Morgan fingerprint density at radius 2 is 2.13 bits per heavy atom. The van der Waals surface area contributed by atoms with Gasteiger partial charge in [-0.2, -0.15) is 0 Å². The standard InChI is InChI=1S/C15H19N3O3S.ClH/c1-20-10(8-16)7-14(19)18-15-17-12(9-22-15)11-5-3-4-6-13(11)21-2;/h3-6,9-10H,7-8,16H2,1-2H3,(H,17,18,19);1H. The molecule has 0 saturated carbocycles.